The van der Waals surface area contributed by atoms with Crippen molar-refractivity contribution in [1.82, 2.24) is 4.98 Å². The largest absolute Gasteiger partial charge is 0.573 e. The van der Waals surface area contributed by atoms with E-state index in [4.69, 9.17) is 0 Å². The van der Waals surface area contributed by atoms with Gasteiger partial charge in [-0.25, -0.2) is 13.8 Å². The molecular weight excluding hydrogens is 381 g/mol. The normalized spacial score (nSPS) is 12.0. The monoisotopic (exact) mass is 383 g/mol. The van der Waals surface area contributed by atoms with E-state index in [1.54, 1.807) is 0 Å². The van der Waals surface area contributed by atoms with Crippen LogP contribution in [0.4, 0.5) is 22.0 Å². The van der Waals surface area contributed by atoms with Crippen LogP contribution in [0.15, 0.2) is 10.7 Å². The molecule has 0 N–H and O–H groups in total. The highest BCUT2D eigenvalue weighted by Crippen LogP contribution is 2.35. The highest BCUT2D eigenvalue weighted by molar-refractivity contribution is 9.10. The number of hydrogen-bond acceptors (Lipinski definition) is 2. The maximum absolute atomic E-state index is 12.4. The van der Waals surface area contributed by atoms with Gasteiger partial charge in [-0.1, -0.05) is 15.9 Å². The van der Waals surface area contributed by atoms with Crippen molar-refractivity contribution in [2.75, 3.05) is 0 Å². The van der Waals surface area contributed by atoms with E-state index in [1.807, 2.05) is 0 Å². The van der Waals surface area contributed by atoms with Gasteiger partial charge in [0.2, 0.25) is 0 Å². The number of nitrogens with zero attached hydrogens (tertiary/aromatic N) is 1. The minimum Gasteiger partial charge on any atom is -0.403 e. The molecule has 0 aliphatic rings. The van der Waals surface area contributed by atoms with Crippen LogP contribution >= 0.6 is 31.9 Å². The molecule has 0 amide bonds. The Hall–Kier alpha value is -0.440. The molecular formula is C8H4Br2F5NO. The fraction of sp³-hybridized carbons (Fsp3) is 0.375. The van der Waals surface area contributed by atoms with Crippen LogP contribution in [0.3, 0.4) is 0 Å². The Morgan fingerprint density at radius 1 is 1.35 bits per heavy atom. The van der Waals surface area contributed by atoms with Gasteiger partial charge in [-0.05, 0) is 22.0 Å². The lowest BCUT2D eigenvalue weighted by molar-refractivity contribution is -0.275. The van der Waals surface area contributed by atoms with Crippen LogP contribution < -0.4 is 4.74 Å². The van der Waals surface area contributed by atoms with Crippen LogP contribution in [0.5, 0.6) is 5.75 Å². The first-order chi connectivity index (χ1) is 7.74. The molecule has 1 rings (SSSR count). The summed E-state index contributed by atoms with van der Waals surface area (Å²) in [6.07, 6.45) is -7.78. The summed E-state index contributed by atoms with van der Waals surface area (Å²) in [6, 6.07) is 0.852. The average molecular weight is 385 g/mol. The molecule has 17 heavy (non-hydrogen) atoms. The number of hydrogen-bond donors (Lipinski definition) is 0. The van der Waals surface area contributed by atoms with Gasteiger partial charge in [0.15, 0.2) is 5.75 Å². The average Bonchev–Trinajstić information content (AvgIpc) is 2.18. The van der Waals surface area contributed by atoms with Gasteiger partial charge in [0.05, 0.1) is 0 Å². The Kier molecular flexibility index (Phi) is 4.70. The van der Waals surface area contributed by atoms with Crippen LogP contribution in [0.2, 0.25) is 0 Å². The Morgan fingerprint density at radius 3 is 2.35 bits per heavy atom. The molecule has 0 aromatic carbocycles. The molecule has 2 nitrogen and oxygen atoms in total. The van der Waals surface area contributed by atoms with Crippen molar-refractivity contribution in [3.63, 3.8) is 0 Å². The second-order valence-electron chi connectivity index (χ2n) is 2.81. The van der Waals surface area contributed by atoms with Crippen LogP contribution in [0, 0.1) is 0 Å². The molecule has 0 atom stereocenters. The number of ether oxygens (including phenoxy) is 1. The molecule has 1 aromatic heterocycles. The summed E-state index contributed by atoms with van der Waals surface area (Å²) < 4.78 is 64.2. The van der Waals surface area contributed by atoms with E-state index in [2.05, 4.69) is 41.6 Å². The summed E-state index contributed by atoms with van der Waals surface area (Å²) in [5, 5.41) is -0.0702. The number of alkyl halides is 6. The van der Waals surface area contributed by atoms with Gasteiger partial charge >= 0.3 is 6.36 Å². The molecule has 96 valence electrons. The number of halogens is 7. The van der Waals surface area contributed by atoms with Gasteiger partial charge in [0, 0.05) is 10.9 Å². The Bertz CT molecular complexity index is 410. The van der Waals surface area contributed by atoms with Crippen molar-refractivity contribution in [3.8, 4) is 5.75 Å². The second kappa shape index (κ2) is 5.47. The first kappa shape index (κ1) is 14.6. The summed E-state index contributed by atoms with van der Waals surface area (Å²) in [4.78, 5) is 3.29. The van der Waals surface area contributed by atoms with Gasteiger partial charge in [0.25, 0.3) is 6.43 Å². The second-order valence-corrected chi connectivity index (χ2v) is 4.12. The van der Waals surface area contributed by atoms with Gasteiger partial charge in [0.1, 0.15) is 10.3 Å². The minimum absolute atomic E-state index is 0.0699. The molecule has 0 fully saturated rings. The molecule has 0 bridgehead atoms. The topological polar surface area (TPSA) is 22.1 Å². The number of aromatic nitrogens is 1. The third-order valence-electron chi connectivity index (χ3n) is 1.61. The summed E-state index contributed by atoms with van der Waals surface area (Å²) in [5.74, 6) is -0.626. The Labute approximate surface area is 109 Å². The quantitative estimate of drug-likeness (QED) is 0.432. The van der Waals surface area contributed by atoms with E-state index in [0.29, 0.717) is 0 Å². The third kappa shape index (κ3) is 4.06. The number of rotatable bonds is 3. The van der Waals surface area contributed by atoms with E-state index in [0.717, 1.165) is 6.07 Å². The highest BCUT2D eigenvalue weighted by atomic mass is 79.9. The maximum atomic E-state index is 12.4. The maximum Gasteiger partial charge on any atom is 0.573 e. The molecule has 0 saturated carbocycles. The molecule has 0 spiro atoms. The van der Waals surface area contributed by atoms with Gasteiger partial charge < -0.3 is 4.74 Å². The summed E-state index contributed by atoms with van der Waals surface area (Å²) in [7, 11) is 0. The van der Waals surface area contributed by atoms with Gasteiger partial charge in [-0.2, -0.15) is 0 Å². The van der Waals surface area contributed by atoms with Crippen molar-refractivity contribution in [1.29, 1.82) is 0 Å². The fourth-order valence-corrected chi connectivity index (χ4v) is 1.96. The zero-order valence-electron chi connectivity index (χ0n) is 7.86. The zero-order chi connectivity index (χ0) is 13.2. The van der Waals surface area contributed by atoms with E-state index < -0.39 is 28.8 Å². The standard InChI is InChI=1S/C8H4Br2F5NO/c9-2-3-1-4(7(11)12)16-6(10)5(3)17-8(13,14)15/h1,7H,2H2. The molecule has 9 heteroatoms. The van der Waals surface area contributed by atoms with Crippen molar-refractivity contribution < 1.29 is 26.7 Å². The smallest absolute Gasteiger partial charge is 0.403 e. The molecule has 0 aliphatic carbocycles. The first-order valence-electron chi connectivity index (χ1n) is 4.03. The zero-order valence-corrected chi connectivity index (χ0v) is 11.0. The van der Waals surface area contributed by atoms with Gasteiger partial charge in [-0.3, -0.25) is 0 Å². The van der Waals surface area contributed by atoms with Crippen LogP contribution in [-0.2, 0) is 5.33 Å². The lowest BCUT2D eigenvalue weighted by atomic mass is 10.2. The Balaban J connectivity index is 3.21. The van der Waals surface area contributed by atoms with Gasteiger partial charge in [-0.15, -0.1) is 13.2 Å². The van der Waals surface area contributed by atoms with E-state index in [1.165, 1.54) is 0 Å². The predicted octanol–water partition coefficient (Wildman–Crippen LogP) is 4.58. The fourth-order valence-electron chi connectivity index (χ4n) is 1.01. The molecule has 0 radical (unpaired) electrons. The first-order valence-corrected chi connectivity index (χ1v) is 5.95. The summed E-state index contributed by atoms with van der Waals surface area (Å²) >= 11 is 5.56. The summed E-state index contributed by atoms with van der Waals surface area (Å²) in [6.45, 7) is 0. The van der Waals surface area contributed by atoms with Crippen molar-refractivity contribution in [3.05, 3.63) is 21.9 Å². The van der Waals surface area contributed by atoms with Crippen LogP contribution in [0.25, 0.3) is 0 Å². The molecule has 0 aliphatic heterocycles. The highest BCUT2D eigenvalue weighted by Gasteiger charge is 2.33. The lowest BCUT2D eigenvalue weighted by Crippen LogP contribution is -2.19. The third-order valence-corrected chi connectivity index (χ3v) is 2.76. The predicted molar refractivity (Wildman–Crippen MR) is 56.2 cm³/mol. The molecule has 1 heterocycles. The molecule has 1 aromatic rings. The molecule has 0 unspecified atom stereocenters. The molecule has 0 saturated heterocycles. The van der Waals surface area contributed by atoms with Crippen LogP contribution in [-0.4, -0.2) is 11.3 Å². The number of pyridine rings is 1. The van der Waals surface area contributed by atoms with E-state index in [-0.39, 0.29) is 10.9 Å². The lowest BCUT2D eigenvalue weighted by Gasteiger charge is -2.14. The van der Waals surface area contributed by atoms with Crippen molar-refractivity contribution in [2.45, 2.75) is 18.1 Å². The van der Waals surface area contributed by atoms with Crippen LogP contribution in [0.1, 0.15) is 17.7 Å². The Morgan fingerprint density at radius 2 is 1.94 bits per heavy atom. The SMILES string of the molecule is FC(F)c1cc(CBr)c(OC(F)(F)F)c(Br)n1. The van der Waals surface area contributed by atoms with Crippen molar-refractivity contribution >= 4 is 31.9 Å². The summed E-state index contributed by atoms with van der Waals surface area (Å²) in [5.41, 5.74) is -0.694. The van der Waals surface area contributed by atoms with E-state index >= 15 is 0 Å². The van der Waals surface area contributed by atoms with Crippen molar-refractivity contribution in [2.24, 2.45) is 0 Å². The minimum atomic E-state index is -4.91. The van der Waals surface area contributed by atoms with E-state index in [9.17, 15) is 22.0 Å².